The predicted molar refractivity (Wildman–Crippen MR) is 67.2 cm³/mol. The summed E-state index contributed by atoms with van der Waals surface area (Å²) in [4.78, 5) is 2.37. The number of nitrogens with zero attached hydrogens (tertiary/aromatic N) is 1. The molecule has 0 aromatic rings. The van der Waals surface area contributed by atoms with Crippen molar-refractivity contribution in [2.45, 2.75) is 13.3 Å². The van der Waals surface area contributed by atoms with Crippen molar-refractivity contribution < 1.29 is 5.11 Å². The van der Waals surface area contributed by atoms with Crippen LogP contribution in [-0.4, -0.2) is 36.2 Å². The highest BCUT2D eigenvalue weighted by Crippen LogP contribution is 2.31. The maximum Gasteiger partial charge on any atom is 0.0558 e. The van der Waals surface area contributed by atoms with E-state index in [0.717, 1.165) is 26.1 Å². The van der Waals surface area contributed by atoms with Crippen molar-refractivity contribution in [3.05, 3.63) is 36.0 Å². The summed E-state index contributed by atoms with van der Waals surface area (Å²) in [5.41, 5.74) is 1.54. The van der Waals surface area contributed by atoms with Crippen LogP contribution in [0.25, 0.3) is 0 Å². The molecule has 16 heavy (non-hydrogen) atoms. The lowest BCUT2D eigenvalue weighted by Gasteiger charge is -2.17. The number of rotatable bonds is 3. The van der Waals surface area contributed by atoms with Crippen LogP contribution in [0, 0.1) is 11.8 Å². The largest absolute Gasteiger partial charge is 0.395 e. The number of allylic oxidation sites excluding steroid dienone is 5. The van der Waals surface area contributed by atoms with E-state index in [9.17, 15) is 0 Å². The highest BCUT2D eigenvalue weighted by Gasteiger charge is 2.30. The fraction of sp³-hybridized carbons (Fsp3) is 0.571. The Morgan fingerprint density at radius 1 is 1.31 bits per heavy atom. The van der Waals surface area contributed by atoms with E-state index in [1.807, 2.05) is 0 Å². The molecule has 1 aliphatic heterocycles. The van der Waals surface area contributed by atoms with Gasteiger partial charge in [-0.05, 0) is 18.3 Å². The number of aliphatic hydroxyl groups excluding tert-OH is 1. The van der Waals surface area contributed by atoms with Gasteiger partial charge in [0, 0.05) is 19.6 Å². The van der Waals surface area contributed by atoms with Crippen LogP contribution in [0.2, 0.25) is 0 Å². The maximum absolute atomic E-state index is 8.98. The molecule has 1 fully saturated rings. The zero-order valence-electron chi connectivity index (χ0n) is 9.97. The molecule has 0 bridgehead atoms. The van der Waals surface area contributed by atoms with Crippen LogP contribution >= 0.6 is 0 Å². The first-order chi connectivity index (χ1) is 7.81. The lowest BCUT2D eigenvalue weighted by atomic mass is 9.88. The molecule has 2 atom stereocenters. The standard InChI is InChI=1S/C14H21NO/c1-12-10-15(8-9-16)11-14(12)13-6-4-2-3-5-7-13/h2-6,12,14,16H,7-11H2,1H3/t12-,14-/m0/s1. The molecule has 0 saturated carbocycles. The number of hydrogen-bond acceptors (Lipinski definition) is 2. The molecule has 2 rings (SSSR count). The van der Waals surface area contributed by atoms with Gasteiger partial charge >= 0.3 is 0 Å². The highest BCUT2D eigenvalue weighted by atomic mass is 16.3. The molecular weight excluding hydrogens is 198 g/mol. The predicted octanol–water partition coefficient (Wildman–Crippen LogP) is 1.99. The van der Waals surface area contributed by atoms with Gasteiger partial charge in [-0.25, -0.2) is 0 Å². The van der Waals surface area contributed by atoms with Gasteiger partial charge in [0.15, 0.2) is 0 Å². The Kier molecular flexibility index (Phi) is 3.97. The molecule has 2 heteroatoms. The topological polar surface area (TPSA) is 23.5 Å². The summed E-state index contributed by atoms with van der Waals surface area (Å²) in [5, 5.41) is 8.98. The smallest absolute Gasteiger partial charge is 0.0558 e. The molecule has 0 unspecified atom stereocenters. The van der Waals surface area contributed by atoms with E-state index in [1.165, 1.54) is 5.57 Å². The fourth-order valence-corrected chi connectivity index (χ4v) is 2.74. The van der Waals surface area contributed by atoms with Crippen LogP contribution in [0.15, 0.2) is 36.0 Å². The van der Waals surface area contributed by atoms with Crippen LogP contribution in [0.5, 0.6) is 0 Å². The number of likely N-dealkylation sites (tertiary alicyclic amines) is 1. The SMILES string of the molecule is C[C@H]1CN(CCO)C[C@@H]1C1=CC=CC=CC1. The number of β-amino-alcohol motifs (C(OH)–C–C–N with tert-alkyl or cyclic N) is 1. The summed E-state index contributed by atoms with van der Waals surface area (Å²) in [5.74, 6) is 1.37. The Labute approximate surface area is 98.0 Å². The van der Waals surface area contributed by atoms with E-state index in [2.05, 4.69) is 42.2 Å². The summed E-state index contributed by atoms with van der Waals surface area (Å²) in [7, 11) is 0. The van der Waals surface area contributed by atoms with Gasteiger partial charge in [0.2, 0.25) is 0 Å². The second kappa shape index (κ2) is 5.46. The third kappa shape index (κ3) is 2.63. The van der Waals surface area contributed by atoms with E-state index < -0.39 is 0 Å². The maximum atomic E-state index is 8.98. The minimum absolute atomic E-state index is 0.276. The molecule has 2 aliphatic rings. The quantitative estimate of drug-likeness (QED) is 0.784. The van der Waals surface area contributed by atoms with Crippen molar-refractivity contribution in [1.29, 1.82) is 0 Å². The van der Waals surface area contributed by atoms with Crippen LogP contribution in [0.4, 0.5) is 0 Å². The Hall–Kier alpha value is -0.860. The van der Waals surface area contributed by atoms with E-state index >= 15 is 0 Å². The van der Waals surface area contributed by atoms with Gasteiger partial charge in [-0.15, -0.1) is 0 Å². The Balaban J connectivity index is 2.02. The molecule has 1 heterocycles. The molecule has 1 N–H and O–H groups in total. The molecule has 1 aliphatic carbocycles. The first kappa shape index (κ1) is 11.6. The van der Waals surface area contributed by atoms with Crippen molar-refractivity contribution in [2.75, 3.05) is 26.2 Å². The molecule has 0 aromatic carbocycles. The van der Waals surface area contributed by atoms with Crippen molar-refractivity contribution in [3.63, 3.8) is 0 Å². The molecule has 1 saturated heterocycles. The molecule has 0 amide bonds. The molecule has 2 nitrogen and oxygen atoms in total. The molecular formula is C14H21NO. The van der Waals surface area contributed by atoms with E-state index in [-0.39, 0.29) is 6.61 Å². The van der Waals surface area contributed by atoms with Crippen molar-refractivity contribution in [1.82, 2.24) is 4.90 Å². The zero-order valence-corrected chi connectivity index (χ0v) is 9.97. The second-order valence-corrected chi connectivity index (χ2v) is 4.83. The summed E-state index contributed by atoms with van der Waals surface area (Å²) >= 11 is 0. The summed E-state index contributed by atoms with van der Waals surface area (Å²) in [6.07, 6.45) is 11.9. The van der Waals surface area contributed by atoms with E-state index in [1.54, 1.807) is 0 Å². The van der Waals surface area contributed by atoms with Gasteiger partial charge in [-0.1, -0.05) is 42.9 Å². The summed E-state index contributed by atoms with van der Waals surface area (Å²) in [6.45, 7) is 5.64. The number of hydrogen-bond donors (Lipinski definition) is 1. The van der Waals surface area contributed by atoms with Gasteiger partial charge in [-0.3, -0.25) is 0 Å². The molecule has 0 radical (unpaired) electrons. The van der Waals surface area contributed by atoms with Gasteiger partial charge in [-0.2, -0.15) is 0 Å². The van der Waals surface area contributed by atoms with Crippen molar-refractivity contribution >= 4 is 0 Å². The van der Waals surface area contributed by atoms with Gasteiger partial charge in [0.05, 0.1) is 6.61 Å². The fourth-order valence-electron chi connectivity index (χ4n) is 2.74. The summed E-state index contributed by atoms with van der Waals surface area (Å²) < 4.78 is 0. The van der Waals surface area contributed by atoms with Crippen molar-refractivity contribution in [2.24, 2.45) is 11.8 Å². The lowest BCUT2D eigenvalue weighted by Crippen LogP contribution is -2.24. The average molecular weight is 219 g/mol. The zero-order chi connectivity index (χ0) is 11.4. The minimum atomic E-state index is 0.276. The van der Waals surface area contributed by atoms with E-state index in [4.69, 9.17) is 5.11 Å². The van der Waals surface area contributed by atoms with Crippen LogP contribution < -0.4 is 0 Å². The normalized spacial score (nSPS) is 30.5. The number of aliphatic hydroxyl groups is 1. The second-order valence-electron chi connectivity index (χ2n) is 4.83. The van der Waals surface area contributed by atoms with Crippen LogP contribution in [-0.2, 0) is 0 Å². The van der Waals surface area contributed by atoms with Gasteiger partial charge in [0.1, 0.15) is 0 Å². The third-order valence-corrected chi connectivity index (χ3v) is 3.60. The molecule has 0 aromatic heterocycles. The van der Waals surface area contributed by atoms with E-state index in [0.29, 0.717) is 11.8 Å². The average Bonchev–Trinajstić information content (AvgIpc) is 2.52. The summed E-state index contributed by atoms with van der Waals surface area (Å²) in [6, 6.07) is 0. The Bertz CT molecular complexity index is 317. The van der Waals surface area contributed by atoms with Gasteiger partial charge in [0.25, 0.3) is 0 Å². The third-order valence-electron chi connectivity index (χ3n) is 3.60. The Morgan fingerprint density at radius 2 is 2.19 bits per heavy atom. The Morgan fingerprint density at radius 3 is 3.00 bits per heavy atom. The first-order valence-corrected chi connectivity index (χ1v) is 6.16. The first-order valence-electron chi connectivity index (χ1n) is 6.16. The monoisotopic (exact) mass is 219 g/mol. The minimum Gasteiger partial charge on any atom is -0.395 e. The van der Waals surface area contributed by atoms with Gasteiger partial charge < -0.3 is 10.0 Å². The van der Waals surface area contributed by atoms with Crippen LogP contribution in [0.3, 0.4) is 0 Å². The lowest BCUT2D eigenvalue weighted by molar-refractivity contribution is 0.217. The van der Waals surface area contributed by atoms with Crippen LogP contribution in [0.1, 0.15) is 13.3 Å². The highest BCUT2D eigenvalue weighted by molar-refractivity contribution is 5.26. The molecule has 88 valence electrons. The molecule has 0 spiro atoms. The van der Waals surface area contributed by atoms with Crippen molar-refractivity contribution in [3.8, 4) is 0 Å².